The molecule has 3 heteroatoms. The van der Waals surface area contributed by atoms with Gasteiger partial charge in [0.2, 0.25) is 0 Å². The van der Waals surface area contributed by atoms with Crippen molar-refractivity contribution >= 4 is 33.3 Å². The van der Waals surface area contributed by atoms with Gasteiger partial charge in [-0.05, 0) is 38.5 Å². The number of hydrogen-bond donors (Lipinski definition) is 0. The molecule has 0 amide bonds. The van der Waals surface area contributed by atoms with Gasteiger partial charge in [0.1, 0.15) is 0 Å². The van der Waals surface area contributed by atoms with Crippen molar-refractivity contribution in [2.75, 3.05) is 11.5 Å². The van der Waals surface area contributed by atoms with Crippen LogP contribution in [0.5, 0.6) is 0 Å². The topological polar surface area (TPSA) is 0 Å². The zero-order valence-electron chi connectivity index (χ0n) is 12.0. The molecule has 0 aromatic carbocycles. The van der Waals surface area contributed by atoms with Gasteiger partial charge >= 0.3 is 0 Å². The second kappa shape index (κ2) is 12.3. The Bertz CT molecular complexity index is 216. The summed E-state index contributed by atoms with van der Waals surface area (Å²) in [6, 6.07) is 0. The third-order valence-electron chi connectivity index (χ3n) is 3.30. The van der Waals surface area contributed by atoms with Crippen LogP contribution in [0, 0.1) is 0 Å². The first kappa shape index (κ1) is 17.6. The SMILES string of the molecule is C=CCCCCC1CSCC(CCCCC=C)SS1. The van der Waals surface area contributed by atoms with E-state index in [1.54, 1.807) is 0 Å². The average molecular weight is 317 g/mol. The van der Waals surface area contributed by atoms with Crippen LogP contribution in [-0.4, -0.2) is 22.0 Å². The molecule has 0 saturated carbocycles. The molecular weight excluding hydrogens is 288 g/mol. The molecule has 0 nitrogen and oxygen atoms in total. The first-order chi connectivity index (χ1) is 9.36. The first-order valence-corrected chi connectivity index (χ1v) is 10.9. The van der Waals surface area contributed by atoms with Gasteiger partial charge in [-0.15, -0.1) is 13.2 Å². The molecule has 0 aliphatic carbocycles. The van der Waals surface area contributed by atoms with Crippen LogP contribution in [-0.2, 0) is 0 Å². The van der Waals surface area contributed by atoms with Crippen molar-refractivity contribution in [3.8, 4) is 0 Å². The monoisotopic (exact) mass is 316 g/mol. The number of thioether (sulfide) groups is 1. The molecule has 2 unspecified atom stereocenters. The van der Waals surface area contributed by atoms with Crippen LogP contribution < -0.4 is 0 Å². The molecule has 1 rings (SSSR count). The van der Waals surface area contributed by atoms with Crippen LogP contribution in [0.1, 0.15) is 51.4 Å². The summed E-state index contributed by atoms with van der Waals surface area (Å²) in [7, 11) is 4.33. The first-order valence-electron chi connectivity index (χ1n) is 7.48. The Kier molecular flexibility index (Phi) is 11.4. The summed E-state index contributed by atoms with van der Waals surface area (Å²) in [6.07, 6.45) is 14.6. The molecule has 0 bridgehead atoms. The largest absolute Gasteiger partial charge is 0.160 e. The van der Waals surface area contributed by atoms with Crippen molar-refractivity contribution in [3.05, 3.63) is 25.3 Å². The number of allylic oxidation sites excluding steroid dienone is 2. The quantitative estimate of drug-likeness (QED) is 0.262. The van der Waals surface area contributed by atoms with Crippen molar-refractivity contribution in [1.29, 1.82) is 0 Å². The molecule has 110 valence electrons. The van der Waals surface area contributed by atoms with Gasteiger partial charge in [0, 0.05) is 22.0 Å². The average Bonchev–Trinajstić information content (AvgIpc) is 2.65. The fraction of sp³-hybridized carbons (Fsp3) is 0.750. The molecule has 19 heavy (non-hydrogen) atoms. The second-order valence-corrected chi connectivity index (χ2v) is 9.07. The maximum Gasteiger partial charge on any atom is 0.0242 e. The Morgan fingerprint density at radius 3 is 1.68 bits per heavy atom. The standard InChI is InChI=1S/C16H28S3/c1-3-5-7-9-11-15-13-17-14-16(19-18-15)12-10-8-6-4-2/h3-4,15-16H,1-2,5-14H2. The summed E-state index contributed by atoms with van der Waals surface area (Å²) in [6.45, 7) is 7.58. The van der Waals surface area contributed by atoms with E-state index in [9.17, 15) is 0 Å². The molecule has 1 fully saturated rings. The number of hydrogen-bond acceptors (Lipinski definition) is 3. The molecule has 1 aliphatic heterocycles. The molecule has 0 aromatic rings. The van der Waals surface area contributed by atoms with Crippen LogP contribution in [0.4, 0.5) is 0 Å². The van der Waals surface area contributed by atoms with Crippen molar-refractivity contribution in [2.45, 2.75) is 61.9 Å². The summed E-state index contributed by atoms with van der Waals surface area (Å²) < 4.78 is 0. The summed E-state index contributed by atoms with van der Waals surface area (Å²) in [4.78, 5) is 0. The fourth-order valence-electron chi connectivity index (χ4n) is 2.13. The smallest absolute Gasteiger partial charge is 0.0242 e. The van der Waals surface area contributed by atoms with E-state index in [-0.39, 0.29) is 0 Å². The van der Waals surface area contributed by atoms with Gasteiger partial charge in [0.15, 0.2) is 0 Å². The van der Waals surface area contributed by atoms with Crippen LogP contribution >= 0.6 is 33.3 Å². The highest BCUT2D eigenvalue weighted by atomic mass is 33.1. The molecular formula is C16H28S3. The molecule has 1 saturated heterocycles. The van der Waals surface area contributed by atoms with Crippen LogP contribution in [0.2, 0.25) is 0 Å². The molecule has 1 heterocycles. The van der Waals surface area contributed by atoms with E-state index in [0.717, 1.165) is 10.5 Å². The molecule has 1 aliphatic rings. The van der Waals surface area contributed by atoms with E-state index >= 15 is 0 Å². The number of unbranched alkanes of at least 4 members (excludes halogenated alkanes) is 4. The van der Waals surface area contributed by atoms with Crippen molar-refractivity contribution in [1.82, 2.24) is 0 Å². The Hall–Kier alpha value is 0.530. The minimum Gasteiger partial charge on any atom is -0.160 e. The number of rotatable bonds is 10. The normalized spacial score (nSPS) is 23.8. The molecule has 0 radical (unpaired) electrons. The van der Waals surface area contributed by atoms with Crippen molar-refractivity contribution in [2.24, 2.45) is 0 Å². The van der Waals surface area contributed by atoms with Gasteiger partial charge in [-0.3, -0.25) is 0 Å². The van der Waals surface area contributed by atoms with Gasteiger partial charge < -0.3 is 0 Å². The lowest BCUT2D eigenvalue weighted by Gasteiger charge is -2.13. The lowest BCUT2D eigenvalue weighted by Crippen LogP contribution is -2.04. The van der Waals surface area contributed by atoms with E-state index in [4.69, 9.17) is 0 Å². The van der Waals surface area contributed by atoms with E-state index in [2.05, 4.69) is 46.5 Å². The maximum atomic E-state index is 3.79. The van der Waals surface area contributed by atoms with E-state index in [1.165, 1.54) is 62.9 Å². The third kappa shape index (κ3) is 9.14. The summed E-state index contributed by atoms with van der Waals surface area (Å²) in [5, 5.41) is 1.75. The van der Waals surface area contributed by atoms with E-state index < -0.39 is 0 Å². The zero-order chi connectivity index (χ0) is 13.8. The zero-order valence-corrected chi connectivity index (χ0v) is 14.5. The van der Waals surface area contributed by atoms with E-state index in [1.807, 2.05) is 12.2 Å². The Balaban J connectivity index is 2.09. The molecule has 2 atom stereocenters. The van der Waals surface area contributed by atoms with Crippen molar-refractivity contribution in [3.63, 3.8) is 0 Å². The minimum atomic E-state index is 0.873. The van der Waals surface area contributed by atoms with Gasteiger partial charge in [-0.1, -0.05) is 46.6 Å². The third-order valence-corrected chi connectivity index (χ3v) is 8.43. The van der Waals surface area contributed by atoms with Crippen molar-refractivity contribution < 1.29 is 0 Å². The fourth-order valence-corrected chi connectivity index (χ4v) is 7.51. The summed E-state index contributed by atoms with van der Waals surface area (Å²) in [5.74, 6) is 2.71. The Morgan fingerprint density at radius 1 is 0.789 bits per heavy atom. The van der Waals surface area contributed by atoms with Crippen LogP contribution in [0.25, 0.3) is 0 Å². The highest BCUT2D eigenvalue weighted by molar-refractivity contribution is 8.77. The second-order valence-electron chi connectivity index (χ2n) is 5.12. The molecule has 0 aromatic heterocycles. The molecule has 0 N–H and O–H groups in total. The predicted octanol–water partition coefficient (Wildman–Crippen LogP) is 6.34. The Labute approximate surface area is 132 Å². The van der Waals surface area contributed by atoms with Gasteiger partial charge in [0.05, 0.1) is 0 Å². The maximum absolute atomic E-state index is 3.79. The van der Waals surface area contributed by atoms with Gasteiger partial charge in [0.25, 0.3) is 0 Å². The van der Waals surface area contributed by atoms with Gasteiger partial charge in [-0.25, -0.2) is 0 Å². The Morgan fingerprint density at radius 2 is 1.26 bits per heavy atom. The highest BCUT2D eigenvalue weighted by Crippen LogP contribution is 2.41. The molecule has 0 spiro atoms. The van der Waals surface area contributed by atoms with Gasteiger partial charge in [-0.2, -0.15) is 11.8 Å². The van der Waals surface area contributed by atoms with E-state index in [0.29, 0.717) is 0 Å². The predicted molar refractivity (Wildman–Crippen MR) is 97.4 cm³/mol. The van der Waals surface area contributed by atoms with Crippen LogP contribution in [0.15, 0.2) is 25.3 Å². The summed E-state index contributed by atoms with van der Waals surface area (Å²) >= 11 is 2.18. The lowest BCUT2D eigenvalue weighted by molar-refractivity contribution is 0.687. The lowest BCUT2D eigenvalue weighted by atomic mass is 10.1. The van der Waals surface area contributed by atoms with Crippen LogP contribution in [0.3, 0.4) is 0 Å². The summed E-state index contributed by atoms with van der Waals surface area (Å²) in [5.41, 5.74) is 0. The minimum absolute atomic E-state index is 0.873. The highest BCUT2D eigenvalue weighted by Gasteiger charge is 2.19.